The van der Waals surface area contributed by atoms with Gasteiger partial charge in [0.1, 0.15) is 4.21 Å². The Morgan fingerprint density at radius 1 is 1.55 bits per heavy atom. The number of nitrogens with two attached hydrogens (primary N) is 1. The number of nitrogens with one attached hydrogen (secondary N) is 1. The van der Waals surface area contributed by atoms with Gasteiger partial charge in [0.05, 0.1) is 6.10 Å². The van der Waals surface area contributed by atoms with Crippen molar-refractivity contribution in [2.24, 2.45) is 11.7 Å². The molecule has 7 heteroatoms. The van der Waals surface area contributed by atoms with Crippen molar-refractivity contribution in [1.29, 1.82) is 0 Å². The van der Waals surface area contributed by atoms with Gasteiger partial charge in [0.15, 0.2) is 0 Å². The van der Waals surface area contributed by atoms with E-state index in [2.05, 4.69) is 11.6 Å². The Kier molecular flexibility index (Phi) is 5.19. The Balaban J connectivity index is 2.03. The molecule has 114 valence electrons. The fourth-order valence-corrected chi connectivity index (χ4v) is 5.10. The number of ether oxygens (including phenoxy) is 1. The first-order valence-electron chi connectivity index (χ1n) is 6.88. The summed E-state index contributed by atoms with van der Waals surface area (Å²) in [6.45, 7) is 5.49. The monoisotopic (exact) mass is 318 g/mol. The lowest BCUT2D eigenvalue weighted by Gasteiger charge is -2.16. The molecule has 0 aromatic carbocycles. The van der Waals surface area contributed by atoms with Crippen LogP contribution in [0.1, 0.15) is 30.2 Å². The first kappa shape index (κ1) is 15.9. The molecule has 0 amide bonds. The summed E-state index contributed by atoms with van der Waals surface area (Å²) in [4.78, 5) is 0.918. The van der Waals surface area contributed by atoms with Crippen molar-refractivity contribution in [2.45, 2.75) is 43.5 Å². The maximum Gasteiger partial charge on any atom is 0.250 e. The molecular formula is C13H22N2O3S2. The Labute approximate surface area is 124 Å². The predicted octanol–water partition coefficient (Wildman–Crippen LogP) is 1.61. The van der Waals surface area contributed by atoms with Crippen molar-refractivity contribution < 1.29 is 13.2 Å². The number of rotatable bonds is 6. The van der Waals surface area contributed by atoms with Crippen molar-refractivity contribution >= 4 is 21.4 Å². The highest BCUT2D eigenvalue weighted by molar-refractivity contribution is 7.91. The van der Waals surface area contributed by atoms with E-state index in [0.29, 0.717) is 17.3 Å². The summed E-state index contributed by atoms with van der Waals surface area (Å²) in [6.07, 6.45) is 2.00. The van der Waals surface area contributed by atoms with Crippen LogP contribution in [0.25, 0.3) is 0 Å². The summed E-state index contributed by atoms with van der Waals surface area (Å²) in [5, 5.41) is 0. The fraction of sp³-hybridized carbons (Fsp3) is 0.692. The van der Waals surface area contributed by atoms with Crippen LogP contribution in [0, 0.1) is 12.8 Å². The number of sulfonamides is 1. The molecule has 2 atom stereocenters. The van der Waals surface area contributed by atoms with Gasteiger partial charge in [-0.3, -0.25) is 0 Å². The number of hydrogen-bond donors (Lipinski definition) is 2. The van der Waals surface area contributed by atoms with E-state index in [1.54, 1.807) is 6.07 Å². The first-order valence-corrected chi connectivity index (χ1v) is 9.18. The third kappa shape index (κ3) is 3.40. The van der Waals surface area contributed by atoms with Gasteiger partial charge in [-0.05, 0) is 31.4 Å². The van der Waals surface area contributed by atoms with E-state index in [1.165, 1.54) is 11.3 Å². The van der Waals surface area contributed by atoms with E-state index < -0.39 is 10.0 Å². The summed E-state index contributed by atoms with van der Waals surface area (Å²) in [6, 6.07) is 1.69. The lowest BCUT2D eigenvalue weighted by Crippen LogP contribution is -2.32. The molecule has 0 saturated carbocycles. The first-order chi connectivity index (χ1) is 9.47. The summed E-state index contributed by atoms with van der Waals surface area (Å²) >= 11 is 1.25. The lowest BCUT2D eigenvalue weighted by atomic mass is 10.0. The Morgan fingerprint density at radius 2 is 2.30 bits per heavy atom. The van der Waals surface area contributed by atoms with Crippen molar-refractivity contribution in [3.63, 3.8) is 0 Å². The highest BCUT2D eigenvalue weighted by Crippen LogP contribution is 2.27. The van der Waals surface area contributed by atoms with Gasteiger partial charge in [-0.2, -0.15) is 0 Å². The second-order valence-corrected chi connectivity index (χ2v) is 8.22. The molecule has 0 aliphatic carbocycles. The van der Waals surface area contributed by atoms with Gasteiger partial charge in [0.2, 0.25) is 10.0 Å². The Hall–Kier alpha value is -0.470. The third-order valence-electron chi connectivity index (χ3n) is 3.73. The molecule has 0 spiro atoms. The highest BCUT2D eigenvalue weighted by Gasteiger charge is 2.28. The van der Waals surface area contributed by atoms with Crippen molar-refractivity contribution in [1.82, 2.24) is 4.72 Å². The molecule has 1 aliphatic heterocycles. The van der Waals surface area contributed by atoms with Crippen LogP contribution in [-0.2, 0) is 21.3 Å². The molecule has 0 radical (unpaired) electrons. The minimum atomic E-state index is -3.43. The summed E-state index contributed by atoms with van der Waals surface area (Å²) in [7, 11) is -3.43. The van der Waals surface area contributed by atoms with Crippen molar-refractivity contribution in [3.8, 4) is 0 Å². The van der Waals surface area contributed by atoms with Crippen LogP contribution in [-0.4, -0.2) is 27.7 Å². The molecule has 1 aliphatic rings. The molecule has 2 rings (SSSR count). The average Bonchev–Trinajstić information content (AvgIpc) is 3.02. The zero-order chi connectivity index (χ0) is 14.8. The smallest absolute Gasteiger partial charge is 0.250 e. The van der Waals surface area contributed by atoms with Crippen LogP contribution < -0.4 is 10.5 Å². The molecule has 1 aromatic rings. The molecular weight excluding hydrogens is 296 g/mol. The van der Waals surface area contributed by atoms with Crippen LogP contribution in [0.3, 0.4) is 0 Å². The highest BCUT2D eigenvalue weighted by atomic mass is 32.2. The van der Waals surface area contributed by atoms with E-state index >= 15 is 0 Å². The number of thiophene rings is 1. The predicted molar refractivity (Wildman–Crippen MR) is 80.3 cm³/mol. The molecule has 0 bridgehead atoms. The summed E-state index contributed by atoms with van der Waals surface area (Å²) in [5.41, 5.74) is 6.53. The summed E-state index contributed by atoms with van der Waals surface area (Å²) < 4.78 is 33.2. The quantitative estimate of drug-likeness (QED) is 0.835. The normalized spacial score (nSPS) is 23.4. The van der Waals surface area contributed by atoms with E-state index in [1.807, 2.05) is 6.92 Å². The minimum absolute atomic E-state index is 0.169. The van der Waals surface area contributed by atoms with Crippen LogP contribution in [0.5, 0.6) is 0 Å². The second-order valence-electron chi connectivity index (χ2n) is 5.09. The molecule has 2 unspecified atom stereocenters. The van der Waals surface area contributed by atoms with E-state index in [0.717, 1.165) is 29.9 Å². The Bertz CT molecular complexity index is 554. The van der Waals surface area contributed by atoms with E-state index in [9.17, 15) is 8.42 Å². The molecule has 20 heavy (non-hydrogen) atoms. The second kappa shape index (κ2) is 6.53. The molecule has 1 fully saturated rings. The van der Waals surface area contributed by atoms with Gasteiger partial charge in [-0.15, -0.1) is 11.3 Å². The van der Waals surface area contributed by atoms with E-state index in [4.69, 9.17) is 10.5 Å². The minimum Gasteiger partial charge on any atom is -0.378 e. The molecule has 1 aromatic heterocycles. The lowest BCUT2D eigenvalue weighted by molar-refractivity contribution is 0.0884. The number of hydrogen-bond acceptors (Lipinski definition) is 5. The van der Waals surface area contributed by atoms with Crippen LogP contribution in [0.2, 0.25) is 0 Å². The van der Waals surface area contributed by atoms with Crippen LogP contribution in [0.4, 0.5) is 0 Å². The topological polar surface area (TPSA) is 81.4 Å². The van der Waals surface area contributed by atoms with Crippen LogP contribution in [0.15, 0.2) is 10.3 Å². The van der Waals surface area contributed by atoms with Gasteiger partial charge < -0.3 is 10.5 Å². The molecule has 5 nitrogen and oxygen atoms in total. The fourth-order valence-electron chi connectivity index (χ4n) is 2.49. The van der Waals surface area contributed by atoms with Gasteiger partial charge in [-0.25, -0.2) is 13.1 Å². The van der Waals surface area contributed by atoms with E-state index in [-0.39, 0.29) is 12.0 Å². The van der Waals surface area contributed by atoms with Crippen LogP contribution >= 0.6 is 11.3 Å². The zero-order valence-corrected chi connectivity index (χ0v) is 13.5. The molecule has 1 saturated heterocycles. The van der Waals surface area contributed by atoms with Gasteiger partial charge in [-0.1, -0.05) is 6.92 Å². The zero-order valence-electron chi connectivity index (χ0n) is 11.9. The standard InChI is InChI=1S/C13H22N2O3S2/c1-3-11-10(4-5-18-11)8-15-20(16,17)13-6-9(2)12(7-14)19-13/h6,10-11,15H,3-5,7-8,14H2,1-2H3. The van der Waals surface area contributed by atoms with Crippen molar-refractivity contribution in [2.75, 3.05) is 13.2 Å². The third-order valence-corrected chi connectivity index (χ3v) is 6.89. The van der Waals surface area contributed by atoms with Crippen molar-refractivity contribution in [3.05, 3.63) is 16.5 Å². The van der Waals surface area contributed by atoms with Gasteiger partial charge >= 0.3 is 0 Å². The maximum atomic E-state index is 12.3. The maximum absolute atomic E-state index is 12.3. The number of aryl methyl sites for hydroxylation is 1. The van der Waals surface area contributed by atoms with Gasteiger partial charge in [0.25, 0.3) is 0 Å². The van der Waals surface area contributed by atoms with Gasteiger partial charge in [0, 0.05) is 30.5 Å². The molecule has 2 heterocycles. The SMILES string of the molecule is CCC1OCCC1CNS(=O)(=O)c1cc(C)c(CN)s1. The largest absolute Gasteiger partial charge is 0.378 e. The molecule has 3 N–H and O–H groups in total. The average molecular weight is 318 g/mol. The summed E-state index contributed by atoms with van der Waals surface area (Å²) in [5.74, 6) is 0.268. The Morgan fingerprint density at radius 3 is 2.90 bits per heavy atom.